The van der Waals surface area contributed by atoms with Crippen LogP contribution in [0.2, 0.25) is 0 Å². The van der Waals surface area contributed by atoms with E-state index in [0.717, 1.165) is 27.6 Å². The maximum atomic E-state index is 5.35. The highest BCUT2D eigenvalue weighted by Crippen LogP contribution is 2.38. The molecule has 1 aromatic heterocycles. The second kappa shape index (κ2) is 5.79. The molecule has 1 aliphatic rings. The lowest BCUT2D eigenvalue weighted by Gasteiger charge is -2.10. The Hall–Kier alpha value is -1.62. The minimum absolute atomic E-state index is 0.541. The van der Waals surface area contributed by atoms with E-state index >= 15 is 0 Å². The fourth-order valence-corrected chi connectivity index (χ4v) is 2.48. The van der Waals surface area contributed by atoms with E-state index in [-0.39, 0.29) is 0 Å². The number of aromatic nitrogens is 2. The van der Waals surface area contributed by atoms with Crippen molar-refractivity contribution in [3.8, 4) is 5.75 Å². The Morgan fingerprint density at radius 3 is 2.85 bits per heavy atom. The summed E-state index contributed by atoms with van der Waals surface area (Å²) in [5.41, 5.74) is 1.11. The third kappa shape index (κ3) is 3.10. The molecule has 20 heavy (non-hydrogen) atoms. The fraction of sp³-hybridized carbons (Fsp3) is 0.333. The number of nitrogens with zero attached hydrogens (tertiary/aromatic N) is 2. The number of para-hydroxylation sites is 1. The first-order chi connectivity index (χ1) is 9.76. The van der Waals surface area contributed by atoms with Crippen molar-refractivity contribution in [1.29, 1.82) is 0 Å². The van der Waals surface area contributed by atoms with E-state index < -0.39 is 0 Å². The number of rotatable bonds is 5. The highest BCUT2D eigenvalue weighted by Gasteiger charge is 2.27. The van der Waals surface area contributed by atoms with Gasteiger partial charge in [0.25, 0.3) is 0 Å². The van der Waals surface area contributed by atoms with Crippen LogP contribution in [0.25, 0.3) is 0 Å². The molecule has 0 amide bonds. The Morgan fingerprint density at radius 1 is 1.30 bits per heavy atom. The number of benzene rings is 1. The number of halogens is 1. The average molecular weight is 334 g/mol. The van der Waals surface area contributed by atoms with Crippen molar-refractivity contribution in [3.63, 3.8) is 0 Å². The van der Waals surface area contributed by atoms with Gasteiger partial charge in [0, 0.05) is 24.1 Å². The summed E-state index contributed by atoms with van der Waals surface area (Å²) in [6.07, 6.45) is 2.39. The van der Waals surface area contributed by atoms with Gasteiger partial charge < -0.3 is 10.1 Å². The lowest BCUT2D eigenvalue weighted by atomic mass is 10.2. The molecule has 104 valence electrons. The minimum Gasteiger partial charge on any atom is -0.496 e. The molecule has 0 aliphatic heterocycles. The van der Waals surface area contributed by atoms with Gasteiger partial charge in [0.2, 0.25) is 0 Å². The quantitative estimate of drug-likeness (QED) is 0.847. The maximum absolute atomic E-state index is 5.35. The van der Waals surface area contributed by atoms with Gasteiger partial charge in [-0.25, -0.2) is 9.97 Å². The van der Waals surface area contributed by atoms with Gasteiger partial charge in [0.15, 0.2) is 0 Å². The summed E-state index contributed by atoms with van der Waals surface area (Å²) in [6, 6.07) is 9.88. The third-order valence-electron chi connectivity index (χ3n) is 3.31. The van der Waals surface area contributed by atoms with Crippen molar-refractivity contribution in [1.82, 2.24) is 9.97 Å². The van der Waals surface area contributed by atoms with Gasteiger partial charge >= 0.3 is 0 Å². The molecule has 2 aromatic rings. The van der Waals surface area contributed by atoms with Crippen molar-refractivity contribution in [3.05, 3.63) is 46.3 Å². The molecule has 5 heteroatoms. The summed E-state index contributed by atoms with van der Waals surface area (Å²) < 4.78 is 6.18. The molecule has 0 saturated heterocycles. The van der Waals surface area contributed by atoms with Gasteiger partial charge in [-0.05, 0) is 34.8 Å². The zero-order valence-corrected chi connectivity index (χ0v) is 12.9. The largest absolute Gasteiger partial charge is 0.496 e. The summed E-state index contributed by atoms with van der Waals surface area (Å²) in [4.78, 5) is 9.00. The Morgan fingerprint density at radius 2 is 2.10 bits per heavy atom. The van der Waals surface area contributed by atoms with Crippen molar-refractivity contribution < 1.29 is 4.74 Å². The molecule has 0 bridgehead atoms. The Balaban J connectivity index is 1.74. The molecule has 1 saturated carbocycles. The van der Waals surface area contributed by atoms with Gasteiger partial charge in [-0.15, -0.1) is 0 Å². The minimum atomic E-state index is 0.541. The monoisotopic (exact) mass is 333 g/mol. The van der Waals surface area contributed by atoms with Crippen LogP contribution in [0.3, 0.4) is 0 Å². The van der Waals surface area contributed by atoms with Crippen molar-refractivity contribution >= 4 is 21.7 Å². The standard InChI is InChI=1S/C15H16BrN3O/c1-20-12-5-3-2-4-11(12)9-17-14-8-13(16)18-15(19-14)10-6-7-10/h2-5,8,10H,6-7,9H2,1H3,(H,17,18,19). The summed E-state index contributed by atoms with van der Waals surface area (Å²) in [5, 5.41) is 3.34. The van der Waals surface area contributed by atoms with Crippen LogP contribution >= 0.6 is 15.9 Å². The van der Waals surface area contributed by atoms with E-state index in [1.807, 2.05) is 30.3 Å². The second-order valence-corrected chi connectivity index (χ2v) is 5.69. The highest BCUT2D eigenvalue weighted by molar-refractivity contribution is 9.10. The van der Waals surface area contributed by atoms with Crippen molar-refractivity contribution in [2.75, 3.05) is 12.4 Å². The van der Waals surface area contributed by atoms with E-state index in [2.05, 4.69) is 31.2 Å². The molecule has 1 aromatic carbocycles. The number of hydrogen-bond acceptors (Lipinski definition) is 4. The van der Waals surface area contributed by atoms with Crippen LogP contribution in [0.4, 0.5) is 5.82 Å². The number of methoxy groups -OCH3 is 1. The predicted octanol–water partition coefficient (Wildman–Crippen LogP) is 3.74. The number of hydrogen-bond donors (Lipinski definition) is 1. The van der Waals surface area contributed by atoms with E-state index in [1.165, 1.54) is 12.8 Å². The topological polar surface area (TPSA) is 47.0 Å². The van der Waals surface area contributed by atoms with Gasteiger partial charge in [-0.3, -0.25) is 0 Å². The first kappa shape index (κ1) is 13.4. The van der Waals surface area contributed by atoms with E-state index in [9.17, 15) is 0 Å². The van der Waals surface area contributed by atoms with Gasteiger partial charge in [0.1, 0.15) is 22.0 Å². The van der Waals surface area contributed by atoms with Gasteiger partial charge in [-0.1, -0.05) is 18.2 Å². The summed E-state index contributed by atoms with van der Waals surface area (Å²) in [5.74, 6) is 3.21. The van der Waals surface area contributed by atoms with Crippen LogP contribution in [0.5, 0.6) is 5.75 Å². The zero-order valence-electron chi connectivity index (χ0n) is 11.3. The smallest absolute Gasteiger partial charge is 0.135 e. The zero-order chi connectivity index (χ0) is 13.9. The molecule has 1 fully saturated rings. The lowest BCUT2D eigenvalue weighted by Crippen LogP contribution is -2.05. The van der Waals surface area contributed by atoms with E-state index in [4.69, 9.17) is 4.74 Å². The summed E-state index contributed by atoms with van der Waals surface area (Å²) >= 11 is 3.45. The molecule has 3 rings (SSSR count). The van der Waals surface area contributed by atoms with Crippen molar-refractivity contribution in [2.45, 2.75) is 25.3 Å². The Kier molecular flexibility index (Phi) is 3.87. The van der Waals surface area contributed by atoms with Crippen LogP contribution in [0.15, 0.2) is 34.9 Å². The molecule has 1 heterocycles. The normalized spacial score (nSPS) is 14.1. The third-order valence-corrected chi connectivity index (χ3v) is 3.71. The SMILES string of the molecule is COc1ccccc1CNc1cc(Br)nc(C2CC2)n1. The summed E-state index contributed by atoms with van der Waals surface area (Å²) in [7, 11) is 1.69. The van der Waals surface area contributed by atoms with Crippen LogP contribution < -0.4 is 10.1 Å². The molecular formula is C15H16BrN3O. The molecule has 0 unspecified atom stereocenters. The average Bonchev–Trinajstić information content (AvgIpc) is 3.29. The first-order valence-electron chi connectivity index (χ1n) is 6.66. The second-order valence-electron chi connectivity index (χ2n) is 4.87. The highest BCUT2D eigenvalue weighted by atomic mass is 79.9. The lowest BCUT2D eigenvalue weighted by molar-refractivity contribution is 0.410. The van der Waals surface area contributed by atoms with Crippen LogP contribution in [0, 0.1) is 0 Å². The molecule has 0 atom stereocenters. The Bertz CT molecular complexity index is 614. The molecule has 1 aliphatic carbocycles. The van der Waals surface area contributed by atoms with Crippen molar-refractivity contribution in [2.24, 2.45) is 0 Å². The predicted molar refractivity (Wildman–Crippen MR) is 82.0 cm³/mol. The number of nitrogens with one attached hydrogen (secondary N) is 1. The summed E-state index contributed by atoms with van der Waals surface area (Å²) in [6.45, 7) is 0.678. The molecular weight excluding hydrogens is 318 g/mol. The molecule has 1 N–H and O–H groups in total. The molecule has 0 spiro atoms. The molecule has 4 nitrogen and oxygen atoms in total. The first-order valence-corrected chi connectivity index (χ1v) is 7.46. The van der Waals surface area contributed by atoms with Crippen LogP contribution in [-0.2, 0) is 6.54 Å². The number of ether oxygens (including phenoxy) is 1. The maximum Gasteiger partial charge on any atom is 0.135 e. The number of anilines is 1. The van der Waals surface area contributed by atoms with Crippen LogP contribution in [0.1, 0.15) is 30.1 Å². The fourth-order valence-electron chi connectivity index (χ4n) is 2.08. The Labute approximate surface area is 126 Å². The molecule has 0 radical (unpaired) electrons. The van der Waals surface area contributed by atoms with E-state index in [0.29, 0.717) is 12.5 Å². The van der Waals surface area contributed by atoms with Crippen LogP contribution in [-0.4, -0.2) is 17.1 Å². The van der Waals surface area contributed by atoms with Gasteiger partial charge in [-0.2, -0.15) is 0 Å². The van der Waals surface area contributed by atoms with Gasteiger partial charge in [0.05, 0.1) is 7.11 Å². The van der Waals surface area contributed by atoms with E-state index in [1.54, 1.807) is 7.11 Å².